The first kappa shape index (κ1) is 11.2. The van der Waals surface area contributed by atoms with Crippen molar-refractivity contribution in [3.8, 4) is 6.07 Å². The highest BCUT2D eigenvalue weighted by Crippen LogP contribution is 2.49. The van der Waals surface area contributed by atoms with E-state index >= 15 is 0 Å². The molecule has 0 aromatic carbocycles. The molecule has 3 atom stereocenters. The topological polar surface area (TPSA) is 61.8 Å². The van der Waals surface area contributed by atoms with Gasteiger partial charge in [0.05, 0.1) is 17.7 Å². The summed E-state index contributed by atoms with van der Waals surface area (Å²) < 4.78 is 1.65. The average Bonchev–Trinajstić information content (AvgIpc) is 2.85. The molecule has 1 fully saturated rings. The Morgan fingerprint density at radius 1 is 1.75 bits per heavy atom. The van der Waals surface area contributed by atoms with E-state index in [9.17, 15) is 10.4 Å². The molecule has 0 saturated heterocycles. The number of aromatic nitrogens is 2. The Hall–Kier alpha value is -1.34. The standard InChI is InChI=1S/C12H17N3O/c1-9-3-4-12(5-9,8-13)11(16)10-6-14-15(2)7-10/h6-7,9,11,16H,3-5H2,1-2H3. The summed E-state index contributed by atoms with van der Waals surface area (Å²) in [5.41, 5.74) is 0.140. The molecule has 0 aliphatic heterocycles. The summed E-state index contributed by atoms with van der Waals surface area (Å²) in [5.74, 6) is 0.519. The maximum absolute atomic E-state index is 10.3. The lowest BCUT2D eigenvalue weighted by molar-refractivity contribution is 0.0646. The molecular weight excluding hydrogens is 202 g/mol. The number of aliphatic hydroxyl groups is 1. The minimum Gasteiger partial charge on any atom is -0.387 e. The largest absolute Gasteiger partial charge is 0.387 e. The third kappa shape index (κ3) is 1.72. The number of nitrogens with zero attached hydrogens (tertiary/aromatic N) is 3. The zero-order chi connectivity index (χ0) is 11.8. The van der Waals surface area contributed by atoms with Gasteiger partial charge in [0.15, 0.2) is 0 Å². The molecule has 0 amide bonds. The van der Waals surface area contributed by atoms with Crippen LogP contribution in [0, 0.1) is 22.7 Å². The lowest BCUT2D eigenvalue weighted by atomic mass is 9.79. The van der Waals surface area contributed by atoms with Gasteiger partial charge in [0.1, 0.15) is 6.10 Å². The van der Waals surface area contributed by atoms with Gasteiger partial charge in [0, 0.05) is 18.8 Å². The van der Waals surface area contributed by atoms with E-state index in [4.69, 9.17) is 0 Å². The van der Waals surface area contributed by atoms with Crippen LogP contribution in [0.1, 0.15) is 37.9 Å². The maximum Gasteiger partial charge on any atom is 0.101 e. The predicted molar refractivity (Wildman–Crippen MR) is 59.2 cm³/mol. The number of nitriles is 1. The summed E-state index contributed by atoms with van der Waals surface area (Å²) in [6, 6.07) is 2.33. The molecule has 1 aromatic rings. The van der Waals surface area contributed by atoms with Gasteiger partial charge in [-0.15, -0.1) is 0 Å². The lowest BCUT2D eigenvalue weighted by Crippen LogP contribution is -2.24. The number of rotatable bonds is 2. The predicted octanol–water partition coefficient (Wildman–Crippen LogP) is 1.78. The van der Waals surface area contributed by atoms with Gasteiger partial charge in [-0.2, -0.15) is 10.4 Å². The fourth-order valence-electron chi connectivity index (χ4n) is 2.64. The van der Waals surface area contributed by atoms with Crippen LogP contribution in [0.4, 0.5) is 0 Å². The van der Waals surface area contributed by atoms with E-state index in [1.807, 2.05) is 7.05 Å². The van der Waals surface area contributed by atoms with Gasteiger partial charge in [-0.3, -0.25) is 4.68 Å². The zero-order valence-electron chi connectivity index (χ0n) is 9.72. The molecule has 0 bridgehead atoms. The van der Waals surface area contributed by atoms with Crippen LogP contribution in [0.15, 0.2) is 12.4 Å². The van der Waals surface area contributed by atoms with Crippen molar-refractivity contribution >= 4 is 0 Å². The molecule has 1 aliphatic rings. The van der Waals surface area contributed by atoms with Gasteiger partial charge in [-0.05, 0) is 25.2 Å². The molecule has 1 aliphatic carbocycles. The van der Waals surface area contributed by atoms with Crippen LogP contribution in [-0.4, -0.2) is 14.9 Å². The van der Waals surface area contributed by atoms with Gasteiger partial charge in [-0.1, -0.05) is 6.92 Å². The van der Waals surface area contributed by atoms with Crippen LogP contribution in [0.3, 0.4) is 0 Å². The van der Waals surface area contributed by atoms with Gasteiger partial charge < -0.3 is 5.11 Å². The molecular formula is C12H17N3O. The lowest BCUT2D eigenvalue weighted by Gasteiger charge is -2.26. The number of hydrogen-bond donors (Lipinski definition) is 1. The Labute approximate surface area is 95.5 Å². The second kappa shape index (κ2) is 3.91. The first-order chi connectivity index (χ1) is 7.57. The second-order valence-corrected chi connectivity index (χ2v) is 4.97. The Morgan fingerprint density at radius 2 is 2.50 bits per heavy atom. The Morgan fingerprint density at radius 3 is 2.94 bits per heavy atom. The molecule has 1 saturated carbocycles. The molecule has 1 heterocycles. The van der Waals surface area contributed by atoms with Gasteiger partial charge in [-0.25, -0.2) is 0 Å². The van der Waals surface area contributed by atoms with Crippen LogP contribution >= 0.6 is 0 Å². The highest BCUT2D eigenvalue weighted by molar-refractivity contribution is 5.19. The molecule has 86 valence electrons. The molecule has 1 aromatic heterocycles. The Balaban J connectivity index is 2.26. The van der Waals surface area contributed by atoms with E-state index < -0.39 is 11.5 Å². The first-order valence-electron chi connectivity index (χ1n) is 5.65. The Kier molecular flexibility index (Phi) is 2.73. The first-order valence-corrected chi connectivity index (χ1v) is 5.65. The summed E-state index contributed by atoms with van der Waals surface area (Å²) in [5, 5.41) is 23.7. The molecule has 0 radical (unpaired) electrons. The molecule has 0 spiro atoms. The van der Waals surface area contributed by atoms with Crippen molar-refractivity contribution in [1.82, 2.24) is 9.78 Å². The van der Waals surface area contributed by atoms with Crippen LogP contribution in [-0.2, 0) is 7.05 Å². The third-order valence-corrected chi connectivity index (χ3v) is 3.58. The molecule has 4 heteroatoms. The van der Waals surface area contributed by atoms with Crippen molar-refractivity contribution in [3.05, 3.63) is 18.0 Å². The van der Waals surface area contributed by atoms with E-state index in [1.54, 1.807) is 17.1 Å². The van der Waals surface area contributed by atoms with Crippen LogP contribution in [0.5, 0.6) is 0 Å². The van der Waals surface area contributed by atoms with Crippen molar-refractivity contribution in [2.75, 3.05) is 0 Å². The monoisotopic (exact) mass is 219 g/mol. The Bertz CT molecular complexity index is 420. The van der Waals surface area contributed by atoms with E-state index in [0.29, 0.717) is 5.92 Å². The summed E-state index contributed by atoms with van der Waals surface area (Å²) in [6.45, 7) is 2.13. The van der Waals surface area contributed by atoms with Crippen molar-refractivity contribution in [2.45, 2.75) is 32.3 Å². The summed E-state index contributed by atoms with van der Waals surface area (Å²) in [4.78, 5) is 0. The zero-order valence-corrected chi connectivity index (χ0v) is 9.72. The normalized spacial score (nSPS) is 31.2. The molecule has 4 nitrogen and oxygen atoms in total. The minimum absolute atomic E-state index is 0.519. The van der Waals surface area contributed by atoms with E-state index in [2.05, 4.69) is 18.1 Å². The fraction of sp³-hybridized carbons (Fsp3) is 0.667. The number of hydrogen-bond acceptors (Lipinski definition) is 3. The SMILES string of the molecule is CC1CCC(C#N)(C(O)c2cnn(C)c2)C1. The summed E-state index contributed by atoms with van der Waals surface area (Å²) >= 11 is 0. The smallest absolute Gasteiger partial charge is 0.101 e. The number of aliphatic hydroxyl groups excluding tert-OH is 1. The van der Waals surface area contributed by atoms with Crippen LogP contribution in [0.25, 0.3) is 0 Å². The minimum atomic E-state index is -0.712. The van der Waals surface area contributed by atoms with Crippen molar-refractivity contribution in [2.24, 2.45) is 18.4 Å². The number of aryl methyl sites for hydroxylation is 1. The summed E-state index contributed by atoms with van der Waals surface area (Å²) in [6.07, 6.45) is 5.29. The van der Waals surface area contributed by atoms with Crippen molar-refractivity contribution in [1.29, 1.82) is 5.26 Å². The molecule has 16 heavy (non-hydrogen) atoms. The van der Waals surface area contributed by atoms with Gasteiger partial charge >= 0.3 is 0 Å². The van der Waals surface area contributed by atoms with Crippen LogP contribution in [0.2, 0.25) is 0 Å². The van der Waals surface area contributed by atoms with Crippen molar-refractivity contribution < 1.29 is 5.11 Å². The highest BCUT2D eigenvalue weighted by Gasteiger charge is 2.44. The van der Waals surface area contributed by atoms with Crippen molar-refractivity contribution in [3.63, 3.8) is 0 Å². The van der Waals surface area contributed by atoms with E-state index in [0.717, 1.165) is 24.8 Å². The quantitative estimate of drug-likeness (QED) is 0.824. The molecule has 1 N–H and O–H groups in total. The average molecular weight is 219 g/mol. The second-order valence-electron chi connectivity index (χ2n) is 4.97. The maximum atomic E-state index is 10.3. The fourth-order valence-corrected chi connectivity index (χ4v) is 2.64. The van der Waals surface area contributed by atoms with E-state index in [1.165, 1.54) is 0 Å². The molecule has 2 rings (SSSR count). The van der Waals surface area contributed by atoms with Gasteiger partial charge in [0.25, 0.3) is 0 Å². The third-order valence-electron chi connectivity index (χ3n) is 3.58. The van der Waals surface area contributed by atoms with Crippen LogP contribution < -0.4 is 0 Å². The highest BCUT2D eigenvalue weighted by atomic mass is 16.3. The van der Waals surface area contributed by atoms with E-state index in [-0.39, 0.29) is 0 Å². The summed E-state index contributed by atoms with van der Waals surface area (Å²) in [7, 11) is 1.81. The van der Waals surface area contributed by atoms with Gasteiger partial charge in [0.2, 0.25) is 0 Å². The molecule has 3 unspecified atom stereocenters.